The number of carbonyl (C=O) groups excluding carboxylic acids is 3. The van der Waals surface area contributed by atoms with Crippen molar-refractivity contribution in [3.05, 3.63) is 35.9 Å². The Bertz CT molecular complexity index is 801. The van der Waals surface area contributed by atoms with Gasteiger partial charge in [-0.05, 0) is 36.7 Å². The monoisotopic (exact) mass is 442 g/mol. The van der Waals surface area contributed by atoms with Crippen LogP contribution in [0.3, 0.4) is 0 Å². The third-order valence-electron chi connectivity index (χ3n) is 6.16. The average Bonchev–Trinajstić information content (AvgIpc) is 3.50. The molecule has 1 aromatic carbocycles. The van der Waals surface area contributed by atoms with Gasteiger partial charge in [0.1, 0.15) is 6.04 Å². The van der Waals surface area contributed by atoms with E-state index in [2.05, 4.69) is 38.2 Å². The van der Waals surface area contributed by atoms with Crippen molar-refractivity contribution in [1.82, 2.24) is 15.1 Å². The van der Waals surface area contributed by atoms with Crippen LogP contribution in [0.25, 0.3) is 0 Å². The summed E-state index contributed by atoms with van der Waals surface area (Å²) in [6.45, 7) is 7.90. The number of nitrogens with zero attached hydrogens (tertiary/aromatic N) is 2. The normalized spacial score (nSPS) is 20.8. The van der Waals surface area contributed by atoms with Crippen LogP contribution < -0.4 is 11.1 Å². The lowest BCUT2D eigenvalue weighted by molar-refractivity contribution is -0.139. The summed E-state index contributed by atoms with van der Waals surface area (Å²) in [4.78, 5) is 42.8. The van der Waals surface area contributed by atoms with Crippen LogP contribution >= 0.6 is 0 Å². The maximum atomic E-state index is 13.3. The van der Waals surface area contributed by atoms with Crippen LogP contribution in [0, 0.1) is 11.3 Å². The third kappa shape index (κ3) is 6.55. The van der Waals surface area contributed by atoms with Crippen molar-refractivity contribution in [2.75, 3.05) is 26.2 Å². The maximum absolute atomic E-state index is 13.3. The van der Waals surface area contributed by atoms with Crippen LogP contribution in [0.4, 0.5) is 0 Å². The second kappa shape index (κ2) is 10.5. The van der Waals surface area contributed by atoms with Gasteiger partial charge in [0.2, 0.25) is 17.7 Å². The molecule has 1 heterocycles. The fourth-order valence-corrected chi connectivity index (χ4v) is 4.37. The minimum Gasteiger partial charge on any atom is -0.353 e. The first-order valence-electron chi connectivity index (χ1n) is 11.8. The van der Waals surface area contributed by atoms with Crippen LogP contribution in [0.1, 0.15) is 52.0 Å². The Kier molecular flexibility index (Phi) is 7.93. The molecule has 0 aromatic heterocycles. The molecule has 3 amide bonds. The predicted molar refractivity (Wildman–Crippen MR) is 125 cm³/mol. The molecular weight excluding hydrogens is 404 g/mol. The van der Waals surface area contributed by atoms with Gasteiger partial charge in [-0.15, -0.1) is 0 Å². The Morgan fingerprint density at radius 3 is 2.44 bits per heavy atom. The van der Waals surface area contributed by atoms with Gasteiger partial charge in [0.25, 0.3) is 0 Å². The van der Waals surface area contributed by atoms with Crippen molar-refractivity contribution in [2.24, 2.45) is 17.1 Å². The molecule has 176 valence electrons. The third-order valence-corrected chi connectivity index (χ3v) is 6.16. The largest absolute Gasteiger partial charge is 0.353 e. The number of nitrogens with two attached hydrogens (primary N) is 1. The van der Waals surface area contributed by atoms with Gasteiger partial charge >= 0.3 is 0 Å². The second-order valence-electron chi connectivity index (χ2n) is 10.3. The minimum absolute atomic E-state index is 0.0293. The molecule has 1 saturated carbocycles. The number of hydrogen-bond acceptors (Lipinski definition) is 4. The maximum Gasteiger partial charge on any atom is 0.242 e. The summed E-state index contributed by atoms with van der Waals surface area (Å²) in [7, 11) is 0. The summed E-state index contributed by atoms with van der Waals surface area (Å²) in [5, 5.41) is 2.84. The molecule has 7 nitrogen and oxygen atoms in total. The summed E-state index contributed by atoms with van der Waals surface area (Å²) < 4.78 is 0. The van der Waals surface area contributed by atoms with Gasteiger partial charge < -0.3 is 20.9 Å². The predicted octanol–water partition coefficient (Wildman–Crippen LogP) is 1.95. The van der Waals surface area contributed by atoms with Gasteiger partial charge in [0.15, 0.2) is 0 Å². The van der Waals surface area contributed by atoms with Crippen molar-refractivity contribution >= 4 is 17.7 Å². The van der Waals surface area contributed by atoms with Crippen LogP contribution in [0.5, 0.6) is 0 Å². The fraction of sp³-hybridized carbons (Fsp3) is 0.640. The molecule has 2 atom stereocenters. The minimum atomic E-state index is -0.540. The molecular formula is C25H38N4O3. The highest BCUT2D eigenvalue weighted by molar-refractivity contribution is 5.90. The van der Waals surface area contributed by atoms with E-state index < -0.39 is 6.04 Å². The lowest BCUT2D eigenvalue weighted by Crippen LogP contribution is -2.47. The quantitative estimate of drug-likeness (QED) is 0.611. The van der Waals surface area contributed by atoms with Gasteiger partial charge in [0.05, 0.1) is 6.04 Å². The lowest BCUT2D eigenvalue weighted by Gasteiger charge is -2.32. The standard InChI is InChI=1S/C25H38N4O3/c1-25(2,3)16-22(30)28(14-11-18-7-5-4-6-8-18)20-15-21(23(31)27-13-12-26)29(17-20)24(32)19-9-10-19/h4-8,19-21H,9-17,26H2,1-3H3,(H,27,31). The van der Waals surface area contributed by atoms with Crippen molar-refractivity contribution in [3.8, 4) is 0 Å². The Morgan fingerprint density at radius 1 is 1.16 bits per heavy atom. The van der Waals surface area contributed by atoms with Crippen molar-refractivity contribution in [3.63, 3.8) is 0 Å². The molecule has 1 aliphatic heterocycles. The number of nitrogens with one attached hydrogen (secondary N) is 1. The molecule has 2 unspecified atom stereocenters. The molecule has 2 fully saturated rings. The smallest absolute Gasteiger partial charge is 0.242 e. The summed E-state index contributed by atoms with van der Waals surface area (Å²) >= 11 is 0. The van der Waals surface area contributed by atoms with Crippen LogP contribution in [-0.4, -0.2) is 65.8 Å². The Hall–Kier alpha value is -2.41. The number of benzene rings is 1. The molecule has 1 saturated heterocycles. The highest BCUT2D eigenvalue weighted by atomic mass is 16.2. The Balaban J connectivity index is 1.78. The average molecular weight is 443 g/mol. The van der Waals surface area contributed by atoms with Gasteiger partial charge in [-0.1, -0.05) is 51.1 Å². The zero-order valence-electron chi connectivity index (χ0n) is 19.7. The molecule has 32 heavy (non-hydrogen) atoms. The molecule has 3 N–H and O–H groups in total. The van der Waals surface area contributed by atoms with E-state index >= 15 is 0 Å². The number of carbonyl (C=O) groups is 3. The molecule has 0 spiro atoms. The van der Waals surface area contributed by atoms with E-state index in [9.17, 15) is 14.4 Å². The lowest BCUT2D eigenvalue weighted by atomic mass is 9.91. The molecule has 1 aliphatic carbocycles. The first-order chi connectivity index (χ1) is 15.2. The van der Waals surface area contributed by atoms with Crippen LogP contribution in [-0.2, 0) is 20.8 Å². The first kappa shape index (κ1) is 24.2. The molecule has 3 rings (SSSR count). The fourth-order valence-electron chi connectivity index (χ4n) is 4.37. The summed E-state index contributed by atoms with van der Waals surface area (Å²) in [6.07, 6.45) is 3.42. The van der Waals surface area contributed by atoms with E-state index in [4.69, 9.17) is 5.73 Å². The van der Waals surface area contributed by atoms with Crippen molar-refractivity contribution in [2.45, 2.75) is 65.0 Å². The van der Waals surface area contributed by atoms with Crippen molar-refractivity contribution in [1.29, 1.82) is 0 Å². The number of hydrogen-bond donors (Lipinski definition) is 2. The highest BCUT2D eigenvalue weighted by Gasteiger charge is 2.46. The van der Waals surface area contributed by atoms with E-state index in [1.807, 2.05) is 23.1 Å². The zero-order chi connectivity index (χ0) is 23.3. The van der Waals surface area contributed by atoms with Crippen molar-refractivity contribution < 1.29 is 14.4 Å². The molecule has 0 radical (unpaired) electrons. The Labute approximate surface area is 191 Å². The SMILES string of the molecule is CC(C)(C)CC(=O)N(CCc1ccccc1)C1CC(C(=O)NCCN)N(C(=O)C2CC2)C1. The summed E-state index contributed by atoms with van der Waals surface area (Å²) in [6, 6.07) is 9.40. The molecule has 0 bridgehead atoms. The van der Waals surface area contributed by atoms with E-state index in [0.717, 1.165) is 19.3 Å². The second-order valence-corrected chi connectivity index (χ2v) is 10.3. The van der Waals surface area contributed by atoms with Gasteiger partial charge in [-0.3, -0.25) is 14.4 Å². The van der Waals surface area contributed by atoms with E-state index in [1.54, 1.807) is 4.90 Å². The van der Waals surface area contributed by atoms with E-state index in [0.29, 0.717) is 39.0 Å². The van der Waals surface area contributed by atoms with Gasteiger partial charge in [0, 0.05) is 38.5 Å². The van der Waals surface area contributed by atoms with E-state index in [-0.39, 0.29) is 35.1 Å². The number of likely N-dealkylation sites (tertiary alicyclic amines) is 1. The van der Waals surface area contributed by atoms with Crippen LogP contribution in [0.15, 0.2) is 30.3 Å². The first-order valence-corrected chi connectivity index (χ1v) is 11.8. The summed E-state index contributed by atoms with van der Waals surface area (Å²) in [5.41, 5.74) is 6.58. The van der Waals surface area contributed by atoms with Gasteiger partial charge in [-0.25, -0.2) is 0 Å². The highest BCUT2D eigenvalue weighted by Crippen LogP contribution is 2.35. The molecule has 7 heteroatoms. The Morgan fingerprint density at radius 2 is 1.84 bits per heavy atom. The van der Waals surface area contributed by atoms with Crippen LogP contribution in [0.2, 0.25) is 0 Å². The number of amides is 3. The molecule has 2 aliphatic rings. The topological polar surface area (TPSA) is 95.7 Å². The molecule has 1 aromatic rings. The van der Waals surface area contributed by atoms with E-state index in [1.165, 1.54) is 5.56 Å². The zero-order valence-corrected chi connectivity index (χ0v) is 19.7. The summed E-state index contributed by atoms with van der Waals surface area (Å²) in [5.74, 6) is -0.00761. The number of rotatable bonds is 9. The van der Waals surface area contributed by atoms with Gasteiger partial charge in [-0.2, -0.15) is 0 Å².